The van der Waals surface area contributed by atoms with Gasteiger partial charge in [-0.1, -0.05) is 65.1 Å². The summed E-state index contributed by atoms with van der Waals surface area (Å²) in [5.41, 5.74) is 2.62. The van der Waals surface area contributed by atoms with Crippen molar-refractivity contribution in [3.05, 3.63) is 92.9 Å². The maximum Gasteiger partial charge on any atom is 0.183 e. The molecule has 3 aromatic carbocycles. The van der Waals surface area contributed by atoms with E-state index in [1.807, 2.05) is 42.5 Å². The van der Waals surface area contributed by atoms with Crippen molar-refractivity contribution in [2.24, 2.45) is 0 Å². The summed E-state index contributed by atoms with van der Waals surface area (Å²) in [4.78, 5) is 0. The normalized spacial score (nSPS) is 10.9. The van der Waals surface area contributed by atoms with E-state index < -0.39 is 0 Å². The maximum absolute atomic E-state index is 6.33. The lowest BCUT2D eigenvalue weighted by atomic mass is 10.1. The molecule has 0 aliphatic rings. The van der Waals surface area contributed by atoms with Crippen LogP contribution in [0.15, 0.2) is 66.7 Å². The van der Waals surface area contributed by atoms with Crippen LogP contribution in [0.1, 0.15) is 11.1 Å². The van der Waals surface area contributed by atoms with Gasteiger partial charge in [-0.05, 0) is 52.4 Å². The minimum Gasteiger partial charge on any atom is -0.489 e. The Balaban J connectivity index is 1.62. The molecule has 0 saturated heterocycles. The van der Waals surface area contributed by atoms with Gasteiger partial charge in [-0.25, -0.2) is 4.68 Å². The fraction of sp³-hybridized carbons (Fsp3) is 0.0952. The first-order valence-corrected chi connectivity index (χ1v) is 9.90. The van der Waals surface area contributed by atoms with Crippen molar-refractivity contribution in [1.82, 2.24) is 20.2 Å². The quantitative estimate of drug-likeness (QED) is 0.369. The predicted octanol–water partition coefficient (Wildman–Crippen LogP) is 5.93. The van der Waals surface area contributed by atoms with Crippen LogP contribution in [0.3, 0.4) is 0 Å². The summed E-state index contributed by atoms with van der Waals surface area (Å²) >= 11 is 18.5. The van der Waals surface area contributed by atoms with Crippen LogP contribution in [0.2, 0.25) is 15.1 Å². The number of hydrogen-bond acceptors (Lipinski definition) is 4. The lowest BCUT2D eigenvalue weighted by Crippen LogP contribution is -2.07. The SMILES string of the molecule is Clc1ccc(-c2nnnn2Cc2cc(Cl)ccc2OCc2ccccc2)c(Cl)c1. The standard InChI is InChI=1S/C21H15Cl3N4O/c22-16-7-9-20(29-13-14-4-2-1-3-5-14)15(10-16)12-28-21(25-26-27-28)18-8-6-17(23)11-19(18)24/h1-11H,12-13H2. The molecule has 0 bridgehead atoms. The molecule has 0 aliphatic heterocycles. The Bertz CT molecular complexity index is 1130. The Hall–Kier alpha value is -2.60. The van der Waals surface area contributed by atoms with Crippen LogP contribution < -0.4 is 4.74 Å². The van der Waals surface area contributed by atoms with Crippen LogP contribution in [-0.4, -0.2) is 20.2 Å². The maximum atomic E-state index is 6.33. The van der Waals surface area contributed by atoms with E-state index in [0.717, 1.165) is 11.1 Å². The van der Waals surface area contributed by atoms with Crippen molar-refractivity contribution >= 4 is 34.8 Å². The number of aromatic nitrogens is 4. The summed E-state index contributed by atoms with van der Waals surface area (Å²) in [6, 6.07) is 20.6. The molecular formula is C21H15Cl3N4O. The first kappa shape index (κ1) is 19.7. The van der Waals surface area contributed by atoms with Gasteiger partial charge in [0.1, 0.15) is 12.4 Å². The van der Waals surface area contributed by atoms with E-state index in [9.17, 15) is 0 Å². The molecule has 0 amide bonds. The Morgan fingerprint density at radius 2 is 1.62 bits per heavy atom. The van der Waals surface area contributed by atoms with E-state index in [1.165, 1.54) is 0 Å². The van der Waals surface area contributed by atoms with E-state index in [-0.39, 0.29) is 0 Å². The van der Waals surface area contributed by atoms with Gasteiger partial charge in [0, 0.05) is 21.2 Å². The highest BCUT2D eigenvalue weighted by Crippen LogP contribution is 2.30. The molecular weight excluding hydrogens is 431 g/mol. The van der Waals surface area contributed by atoms with Crippen LogP contribution in [0.4, 0.5) is 0 Å². The van der Waals surface area contributed by atoms with Crippen LogP contribution in [-0.2, 0) is 13.2 Å². The lowest BCUT2D eigenvalue weighted by molar-refractivity contribution is 0.302. The molecule has 0 fully saturated rings. The Morgan fingerprint density at radius 1 is 0.862 bits per heavy atom. The number of hydrogen-bond donors (Lipinski definition) is 0. The zero-order valence-corrected chi connectivity index (χ0v) is 17.4. The molecule has 29 heavy (non-hydrogen) atoms. The molecule has 0 spiro atoms. The molecule has 146 valence electrons. The summed E-state index contributed by atoms with van der Waals surface area (Å²) in [5, 5.41) is 13.6. The third kappa shape index (κ3) is 4.70. The largest absolute Gasteiger partial charge is 0.489 e. The Labute approximate surface area is 182 Å². The van der Waals surface area contributed by atoms with Crippen molar-refractivity contribution in [1.29, 1.82) is 0 Å². The van der Waals surface area contributed by atoms with Gasteiger partial charge in [0.15, 0.2) is 5.82 Å². The average molecular weight is 446 g/mol. The van der Waals surface area contributed by atoms with Gasteiger partial charge in [0.2, 0.25) is 0 Å². The zero-order chi connectivity index (χ0) is 20.2. The first-order valence-electron chi connectivity index (χ1n) is 8.77. The Kier molecular flexibility index (Phi) is 6.00. The van der Waals surface area contributed by atoms with Gasteiger partial charge >= 0.3 is 0 Å². The van der Waals surface area contributed by atoms with E-state index in [1.54, 1.807) is 28.9 Å². The molecule has 0 unspecified atom stereocenters. The minimum absolute atomic E-state index is 0.367. The third-order valence-corrected chi connectivity index (χ3v) is 5.07. The van der Waals surface area contributed by atoms with E-state index in [4.69, 9.17) is 39.5 Å². The second-order valence-electron chi connectivity index (χ2n) is 6.31. The fourth-order valence-corrected chi connectivity index (χ4v) is 3.57. The van der Waals surface area contributed by atoms with Gasteiger partial charge in [-0.3, -0.25) is 0 Å². The number of benzene rings is 3. The molecule has 0 atom stereocenters. The lowest BCUT2D eigenvalue weighted by Gasteiger charge is -2.13. The summed E-state index contributed by atoms with van der Waals surface area (Å²) in [6.07, 6.45) is 0. The van der Waals surface area contributed by atoms with E-state index in [0.29, 0.717) is 45.4 Å². The molecule has 0 saturated carbocycles. The Morgan fingerprint density at radius 3 is 2.41 bits per heavy atom. The van der Waals surface area contributed by atoms with Gasteiger partial charge in [-0.15, -0.1) is 5.10 Å². The molecule has 5 nitrogen and oxygen atoms in total. The second kappa shape index (κ2) is 8.82. The van der Waals surface area contributed by atoms with Crippen molar-refractivity contribution in [3.63, 3.8) is 0 Å². The van der Waals surface area contributed by atoms with Crippen molar-refractivity contribution < 1.29 is 4.74 Å². The molecule has 0 aliphatic carbocycles. The molecule has 0 N–H and O–H groups in total. The molecule has 0 radical (unpaired) electrons. The van der Waals surface area contributed by atoms with Gasteiger partial charge in [0.05, 0.1) is 11.6 Å². The average Bonchev–Trinajstić information content (AvgIpc) is 3.16. The summed E-state index contributed by atoms with van der Waals surface area (Å²) < 4.78 is 7.68. The second-order valence-corrected chi connectivity index (χ2v) is 7.59. The van der Waals surface area contributed by atoms with Crippen LogP contribution in [0, 0.1) is 0 Å². The molecule has 1 heterocycles. The van der Waals surface area contributed by atoms with Crippen LogP contribution in [0.25, 0.3) is 11.4 Å². The van der Waals surface area contributed by atoms with Gasteiger partial charge < -0.3 is 4.74 Å². The van der Waals surface area contributed by atoms with Gasteiger partial charge in [0.25, 0.3) is 0 Å². The smallest absolute Gasteiger partial charge is 0.183 e. The molecule has 4 rings (SSSR count). The highest BCUT2D eigenvalue weighted by Gasteiger charge is 2.15. The monoisotopic (exact) mass is 444 g/mol. The summed E-state index contributed by atoms with van der Waals surface area (Å²) in [7, 11) is 0. The van der Waals surface area contributed by atoms with Gasteiger partial charge in [-0.2, -0.15) is 0 Å². The van der Waals surface area contributed by atoms with Crippen LogP contribution in [0.5, 0.6) is 5.75 Å². The fourth-order valence-electron chi connectivity index (χ4n) is 2.88. The molecule has 8 heteroatoms. The highest BCUT2D eigenvalue weighted by molar-refractivity contribution is 6.36. The van der Waals surface area contributed by atoms with Crippen LogP contribution >= 0.6 is 34.8 Å². The summed E-state index contributed by atoms with van der Waals surface area (Å²) in [6.45, 7) is 0.812. The number of nitrogens with zero attached hydrogens (tertiary/aromatic N) is 4. The number of tetrazole rings is 1. The van der Waals surface area contributed by atoms with Crippen molar-refractivity contribution in [3.8, 4) is 17.1 Å². The number of halogens is 3. The minimum atomic E-state index is 0.367. The number of rotatable bonds is 6. The highest BCUT2D eigenvalue weighted by atomic mass is 35.5. The third-order valence-electron chi connectivity index (χ3n) is 4.28. The predicted molar refractivity (Wildman–Crippen MR) is 115 cm³/mol. The topological polar surface area (TPSA) is 52.8 Å². The first-order chi connectivity index (χ1) is 14.1. The van der Waals surface area contributed by atoms with Crippen molar-refractivity contribution in [2.75, 3.05) is 0 Å². The van der Waals surface area contributed by atoms with E-state index in [2.05, 4.69) is 15.5 Å². The van der Waals surface area contributed by atoms with E-state index >= 15 is 0 Å². The zero-order valence-electron chi connectivity index (χ0n) is 15.1. The molecule has 1 aromatic heterocycles. The molecule has 4 aromatic rings. The van der Waals surface area contributed by atoms with Crippen molar-refractivity contribution in [2.45, 2.75) is 13.2 Å². The number of ether oxygens (including phenoxy) is 1. The summed E-state index contributed by atoms with van der Waals surface area (Å²) in [5.74, 6) is 1.24.